The zero-order valence-corrected chi connectivity index (χ0v) is 33.2. The zero-order chi connectivity index (χ0) is 40.3. The van der Waals surface area contributed by atoms with E-state index in [1.807, 2.05) is 25.1 Å². The van der Waals surface area contributed by atoms with Gasteiger partial charge >= 0.3 is 0 Å². The lowest BCUT2D eigenvalue weighted by molar-refractivity contribution is -0.134. The summed E-state index contributed by atoms with van der Waals surface area (Å²) < 4.78 is 3.58. The number of hydrogen-bond acceptors (Lipinski definition) is 11. The van der Waals surface area contributed by atoms with Crippen LogP contribution in [-0.2, 0) is 15.2 Å². The predicted molar refractivity (Wildman–Crippen MR) is 217 cm³/mol. The summed E-state index contributed by atoms with van der Waals surface area (Å²) >= 11 is 0. The third-order valence-electron chi connectivity index (χ3n) is 12.7. The van der Waals surface area contributed by atoms with E-state index in [4.69, 9.17) is 10.1 Å². The number of carbonyl (C=O) groups excluding carboxylic acids is 3. The number of nitriles is 1. The molecule has 7 heterocycles. The minimum Gasteiger partial charge on any atom is -0.386 e. The Morgan fingerprint density at radius 3 is 2.36 bits per heavy atom. The monoisotopic (exact) mass is 783 g/mol. The Morgan fingerprint density at radius 2 is 1.67 bits per heavy atom. The molecule has 4 fully saturated rings. The van der Waals surface area contributed by atoms with Crippen LogP contribution in [0.15, 0.2) is 54.9 Å². The maximum atomic E-state index is 13.5. The summed E-state index contributed by atoms with van der Waals surface area (Å²) in [5, 5.41) is 36.0. The number of piperidine rings is 1. The summed E-state index contributed by atoms with van der Waals surface area (Å²) in [5.74, 6) is -1.19. The van der Waals surface area contributed by atoms with E-state index in [1.54, 1.807) is 32.0 Å². The highest BCUT2D eigenvalue weighted by molar-refractivity contribution is 6.05. The number of nitrogens with zero attached hydrogens (tertiary/aromatic N) is 9. The minimum atomic E-state index is -1.23. The maximum Gasteiger partial charge on any atom is 0.274 e. The van der Waals surface area contributed by atoms with Crippen LogP contribution < -0.4 is 15.5 Å². The standard InChI is InChI=1S/C43H49N11O4/c1-26-38(12-10-35(46-26)33-9-13-40(55)48-41(33)56)52-24-32(25-52)51-16-14-50(15-17-51)29-4-6-30(7-5-29)53-23-28-19-37(34(43(2,3)58)20-36(28)49-53)47-42(57)39-11-8-31-18-27(21-44)22-45-54(31)39/h8,10-12,18-20,22-23,29-30,32-33,58H,4-7,9,13-17,24-25H2,1-3H3,(H,47,57)(H,48,55,56). The average Bonchev–Trinajstić information content (AvgIpc) is 3.82. The summed E-state index contributed by atoms with van der Waals surface area (Å²) in [6.07, 6.45) is 8.66. The molecule has 4 aliphatic rings. The molecule has 1 aromatic carbocycles. The Labute approximate surface area is 336 Å². The minimum absolute atomic E-state index is 0.209. The molecular weight excluding hydrogens is 735 g/mol. The van der Waals surface area contributed by atoms with Gasteiger partial charge < -0.3 is 15.3 Å². The van der Waals surface area contributed by atoms with Crippen molar-refractivity contribution in [1.29, 1.82) is 5.26 Å². The fraction of sp³-hybridized carbons (Fsp3) is 0.465. The first kappa shape index (κ1) is 37.9. The summed E-state index contributed by atoms with van der Waals surface area (Å²) in [6, 6.07) is 16.3. The van der Waals surface area contributed by atoms with Crippen LogP contribution in [0, 0.1) is 18.3 Å². The van der Waals surface area contributed by atoms with E-state index in [2.05, 4.69) is 53.4 Å². The number of aliphatic hydroxyl groups is 1. The smallest absolute Gasteiger partial charge is 0.274 e. The molecule has 1 aliphatic carbocycles. The van der Waals surface area contributed by atoms with Gasteiger partial charge in [0.1, 0.15) is 11.8 Å². The van der Waals surface area contributed by atoms with E-state index in [-0.39, 0.29) is 29.7 Å². The van der Waals surface area contributed by atoms with Gasteiger partial charge in [-0.15, -0.1) is 0 Å². The van der Waals surface area contributed by atoms with Gasteiger partial charge in [-0.3, -0.25) is 39.2 Å². The molecule has 4 aromatic heterocycles. The van der Waals surface area contributed by atoms with Gasteiger partial charge in [0.15, 0.2) is 0 Å². The van der Waals surface area contributed by atoms with Crippen LogP contribution in [-0.4, -0.2) is 108 Å². The molecule has 5 aromatic rings. The van der Waals surface area contributed by atoms with Gasteiger partial charge in [-0.25, -0.2) is 4.52 Å². The number of pyridine rings is 1. The molecule has 0 bridgehead atoms. The topological polar surface area (TPSA) is 177 Å². The number of anilines is 2. The van der Waals surface area contributed by atoms with E-state index in [0.717, 1.165) is 92.9 Å². The number of amides is 3. The first-order valence-corrected chi connectivity index (χ1v) is 20.4. The van der Waals surface area contributed by atoms with Gasteiger partial charge in [-0.05, 0) is 95.3 Å². The second-order valence-electron chi connectivity index (χ2n) is 16.9. The molecule has 15 heteroatoms. The lowest BCUT2D eigenvalue weighted by Gasteiger charge is -2.50. The van der Waals surface area contributed by atoms with Crippen molar-refractivity contribution in [1.82, 2.24) is 39.5 Å². The lowest BCUT2D eigenvalue weighted by Crippen LogP contribution is -2.64. The number of fused-ring (bicyclic) bond motifs is 2. The molecule has 3 N–H and O–H groups in total. The van der Waals surface area contributed by atoms with Crippen LogP contribution in [0.2, 0.25) is 0 Å². The van der Waals surface area contributed by atoms with Crippen molar-refractivity contribution in [3.63, 3.8) is 0 Å². The quantitative estimate of drug-likeness (QED) is 0.192. The lowest BCUT2D eigenvalue weighted by atomic mass is 9.89. The molecule has 3 saturated heterocycles. The highest BCUT2D eigenvalue weighted by Crippen LogP contribution is 2.36. The maximum absolute atomic E-state index is 13.5. The second-order valence-corrected chi connectivity index (χ2v) is 16.9. The third kappa shape index (κ3) is 7.20. The molecule has 9 rings (SSSR count). The summed E-state index contributed by atoms with van der Waals surface area (Å²) in [7, 11) is 0. The van der Waals surface area contributed by atoms with Crippen molar-refractivity contribution >= 4 is 45.5 Å². The number of imide groups is 1. The fourth-order valence-electron chi connectivity index (χ4n) is 9.42. The number of nitrogens with one attached hydrogen (secondary N) is 2. The summed E-state index contributed by atoms with van der Waals surface area (Å²) in [5.41, 5.74) is 4.80. The van der Waals surface area contributed by atoms with Crippen LogP contribution in [0.25, 0.3) is 16.4 Å². The largest absolute Gasteiger partial charge is 0.386 e. The number of aryl methyl sites for hydroxylation is 1. The molecule has 1 atom stereocenters. The molecule has 3 aliphatic heterocycles. The molecule has 0 spiro atoms. The van der Waals surface area contributed by atoms with E-state index in [0.29, 0.717) is 53.0 Å². The molecule has 15 nitrogen and oxygen atoms in total. The Bertz CT molecular complexity index is 2460. The fourth-order valence-corrected chi connectivity index (χ4v) is 9.42. The van der Waals surface area contributed by atoms with Crippen molar-refractivity contribution < 1.29 is 19.5 Å². The van der Waals surface area contributed by atoms with Gasteiger partial charge in [0.25, 0.3) is 5.91 Å². The highest BCUT2D eigenvalue weighted by Gasteiger charge is 2.37. The molecular formula is C43H49N11O4. The summed E-state index contributed by atoms with van der Waals surface area (Å²) in [4.78, 5) is 49.9. The first-order chi connectivity index (χ1) is 27.9. The van der Waals surface area contributed by atoms with Gasteiger partial charge in [-0.2, -0.15) is 15.5 Å². The van der Waals surface area contributed by atoms with E-state index in [1.165, 1.54) is 10.7 Å². The van der Waals surface area contributed by atoms with Gasteiger partial charge in [0.05, 0.1) is 57.4 Å². The average molecular weight is 784 g/mol. The van der Waals surface area contributed by atoms with Crippen molar-refractivity contribution in [2.24, 2.45) is 0 Å². The number of benzene rings is 1. The number of piperazine rings is 1. The number of aromatic nitrogens is 5. The number of rotatable bonds is 8. The SMILES string of the molecule is Cc1nc(C2CCC(=O)NC2=O)ccc1N1CC(N2CCN(C3CCC(n4cc5cc(NC(=O)c6ccc7cc(C#N)cnn67)c(C(C)(C)O)cc5n4)CC3)CC2)C1. The first-order valence-electron chi connectivity index (χ1n) is 20.4. The van der Waals surface area contributed by atoms with Crippen LogP contribution >= 0.6 is 0 Å². The second kappa shape index (κ2) is 14.9. The molecule has 58 heavy (non-hydrogen) atoms. The Hall–Kier alpha value is -5.69. The summed E-state index contributed by atoms with van der Waals surface area (Å²) in [6.45, 7) is 11.6. The molecule has 0 radical (unpaired) electrons. The molecule has 1 unspecified atom stereocenters. The zero-order valence-electron chi connectivity index (χ0n) is 33.2. The normalized spacial score (nSPS) is 22.5. The van der Waals surface area contributed by atoms with Crippen LogP contribution in [0.1, 0.15) is 97.3 Å². The van der Waals surface area contributed by atoms with Gasteiger partial charge in [-0.1, -0.05) is 0 Å². The Kier molecular flexibility index (Phi) is 9.74. The van der Waals surface area contributed by atoms with Crippen molar-refractivity contribution in [2.75, 3.05) is 49.5 Å². The van der Waals surface area contributed by atoms with E-state index >= 15 is 0 Å². The van der Waals surface area contributed by atoms with Crippen LogP contribution in [0.3, 0.4) is 0 Å². The number of carbonyl (C=O) groups is 3. The van der Waals surface area contributed by atoms with Gasteiger partial charge in [0, 0.05) is 80.6 Å². The predicted octanol–water partition coefficient (Wildman–Crippen LogP) is 4.25. The van der Waals surface area contributed by atoms with E-state index < -0.39 is 5.60 Å². The van der Waals surface area contributed by atoms with Crippen molar-refractivity contribution in [2.45, 2.75) is 88.9 Å². The van der Waals surface area contributed by atoms with Crippen molar-refractivity contribution in [3.8, 4) is 6.07 Å². The third-order valence-corrected chi connectivity index (χ3v) is 12.7. The highest BCUT2D eigenvalue weighted by atomic mass is 16.3. The van der Waals surface area contributed by atoms with Crippen LogP contribution in [0.5, 0.6) is 0 Å². The van der Waals surface area contributed by atoms with E-state index in [9.17, 15) is 24.8 Å². The molecule has 3 amide bonds. The number of hydrogen-bond donors (Lipinski definition) is 3. The molecule has 1 saturated carbocycles. The Balaban J connectivity index is 0.783. The van der Waals surface area contributed by atoms with Crippen molar-refractivity contribution in [3.05, 3.63) is 83.1 Å². The van der Waals surface area contributed by atoms with Gasteiger partial charge in [0.2, 0.25) is 11.8 Å². The molecule has 300 valence electrons. The van der Waals surface area contributed by atoms with Crippen LogP contribution in [0.4, 0.5) is 11.4 Å². The Morgan fingerprint density at radius 1 is 0.948 bits per heavy atom.